The molecule has 0 aromatic rings. The number of carboxylic acid groups (broad SMARTS) is 1. The second-order valence-electron chi connectivity index (χ2n) is 7.17. The first-order chi connectivity index (χ1) is 10.5. The van der Waals surface area contributed by atoms with Gasteiger partial charge in [0.15, 0.2) is 0 Å². The molecule has 1 aliphatic heterocycles. The lowest BCUT2D eigenvalue weighted by Gasteiger charge is -2.28. The van der Waals surface area contributed by atoms with Crippen molar-refractivity contribution in [1.29, 1.82) is 0 Å². The summed E-state index contributed by atoms with van der Waals surface area (Å²) < 4.78 is 5.08. The first kappa shape index (κ1) is 17.3. The Labute approximate surface area is 133 Å². The molecule has 22 heavy (non-hydrogen) atoms. The van der Waals surface area contributed by atoms with Crippen LogP contribution >= 0.6 is 0 Å². The molecule has 5 heteroatoms. The molecule has 5 nitrogen and oxygen atoms in total. The molecule has 1 amide bonds. The van der Waals surface area contributed by atoms with Crippen molar-refractivity contribution in [2.75, 3.05) is 26.8 Å². The number of aliphatic carboxylic acids is 1. The molecule has 126 valence electrons. The van der Waals surface area contributed by atoms with E-state index in [9.17, 15) is 14.7 Å². The highest BCUT2D eigenvalue weighted by Gasteiger charge is 2.47. The van der Waals surface area contributed by atoms with Crippen LogP contribution in [0.2, 0.25) is 0 Å². The van der Waals surface area contributed by atoms with E-state index < -0.39 is 11.4 Å². The summed E-state index contributed by atoms with van der Waals surface area (Å²) in [5, 5.41) is 9.48. The standard InChI is InChI=1S/C17H29NO4/c1-13(10-14-6-4-3-5-7-14)15(19)18-9-8-17(11-18,12-22-2)16(20)21/h13-14H,3-12H2,1-2H3,(H,20,21). The molecular weight excluding hydrogens is 282 g/mol. The topological polar surface area (TPSA) is 66.8 Å². The Morgan fingerprint density at radius 2 is 2.00 bits per heavy atom. The van der Waals surface area contributed by atoms with Gasteiger partial charge in [-0.05, 0) is 18.8 Å². The molecule has 0 aromatic heterocycles. The Kier molecular flexibility index (Phi) is 5.84. The van der Waals surface area contributed by atoms with Gasteiger partial charge in [0.1, 0.15) is 5.41 Å². The maximum atomic E-state index is 12.6. The van der Waals surface area contributed by atoms with Gasteiger partial charge in [0.25, 0.3) is 0 Å². The van der Waals surface area contributed by atoms with Crippen molar-refractivity contribution < 1.29 is 19.4 Å². The Morgan fingerprint density at radius 1 is 1.32 bits per heavy atom. The first-order valence-corrected chi connectivity index (χ1v) is 8.49. The van der Waals surface area contributed by atoms with Crippen molar-refractivity contribution in [2.24, 2.45) is 17.3 Å². The average Bonchev–Trinajstić information content (AvgIpc) is 2.93. The highest BCUT2D eigenvalue weighted by Crippen LogP contribution is 2.34. The predicted molar refractivity (Wildman–Crippen MR) is 83.5 cm³/mol. The van der Waals surface area contributed by atoms with E-state index in [1.165, 1.54) is 39.2 Å². The molecule has 1 saturated carbocycles. The van der Waals surface area contributed by atoms with E-state index in [0.29, 0.717) is 18.9 Å². The number of hydrogen-bond acceptors (Lipinski definition) is 3. The van der Waals surface area contributed by atoms with E-state index in [4.69, 9.17) is 4.74 Å². The van der Waals surface area contributed by atoms with Gasteiger partial charge >= 0.3 is 5.97 Å². The molecule has 0 aromatic carbocycles. The fraction of sp³-hybridized carbons (Fsp3) is 0.882. The van der Waals surface area contributed by atoms with Crippen LogP contribution in [0.15, 0.2) is 0 Å². The van der Waals surface area contributed by atoms with Crippen LogP contribution < -0.4 is 0 Å². The van der Waals surface area contributed by atoms with Crippen LogP contribution in [0.1, 0.15) is 51.9 Å². The second kappa shape index (κ2) is 7.44. The van der Waals surface area contributed by atoms with Crippen molar-refractivity contribution >= 4 is 11.9 Å². The van der Waals surface area contributed by atoms with Gasteiger partial charge in [-0.25, -0.2) is 0 Å². The zero-order valence-electron chi connectivity index (χ0n) is 13.8. The van der Waals surface area contributed by atoms with Gasteiger partial charge < -0.3 is 14.7 Å². The van der Waals surface area contributed by atoms with Crippen molar-refractivity contribution in [3.05, 3.63) is 0 Å². The molecule has 2 aliphatic rings. The Morgan fingerprint density at radius 3 is 2.59 bits per heavy atom. The van der Waals surface area contributed by atoms with Crippen LogP contribution in [0.4, 0.5) is 0 Å². The second-order valence-corrected chi connectivity index (χ2v) is 7.17. The lowest BCUT2D eigenvalue weighted by Crippen LogP contribution is -2.41. The van der Waals surface area contributed by atoms with Crippen LogP contribution in [-0.2, 0) is 14.3 Å². The third-order valence-corrected chi connectivity index (χ3v) is 5.37. The van der Waals surface area contributed by atoms with Gasteiger partial charge in [-0.3, -0.25) is 9.59 Å². The summed E-state index contributed by atoms with van der Waals surface area (Å²) in [6, 6.07) is 0. The minimum absolute atomic E-state index is 0.00441. The molecular formula is C17H29NO4. The summed E-state index contributed by atoms with van der Waals surface area (Å²) in [5.41, 5.74) is -0.922. The van der Waals surface area contributed by atoms with E-state index in [-0.39, 0.29) is 25.0 Å². The fourth-order valence-electron chi connectivity index (χ4n) is 4.03. The third-order valence-electron chi connectivity index (χ3n) is 5.37. The summed E-state index contributed by atoms with van der Waals surface area (Å²) in [5.74, 6) is -0.0804. The quantitative estimate of drug-likeness (QED) is 0.818. The summed E-state index contributed by atoms with van der Waals surface area (Å²) in [4.78, 5) is 25.9. The number of hydrogen-bond donors (Lipinski definition) is 1. The molecule has 0 spiro atoms. The molecule has 2 rings (SSSR count). The Bertz CT molecular complexity index is 405. The van der Waals surface area contributed by atoms with Crippen LogP contribution in [-0.4, -0.2) is 48.7 Å². The zero-order chi connectivity index (χ0) is 16.2. The number of carbonyl (C=O) groups is 2. The SMILES string of the molecule is COCC1(C(=O)O)CCN(C(=O)C(C)CC2CCCCC2)C1. The third kappa shape index (κ3) is 3.80. The molecule has 1 aliphatic carbocycles. The van der Waals surface area contributed by atoms with E-state index >= 15 is 0 Å². The maximum Gasteiger partial charge on any atom is 0.313 e. The first-order valence-electron chi connectivity index (χ1n) is 8.49. The number of likely N-dealkylation sites (tertiary alicyclic amines) is 1. The highest BCUT2D eigenvalue weighted by molar-refractivity contribution is 5.82. The van der Waals surface area contributed by atoms with Crippen LogP contribution in [0.25, 0.3) is 0 Å². The van der Waals surface area contributed by atoms with Crippen molar-refractivity contribution in [2.45, 2.75) is 51.9 Å². The fourth-order valence-corrected chi connectivity index (χ4v) is 4.03. The normalized spacial score (nSPS) is 27.8. The van der Waals surface area contributed by atoms with Crippen LogP contribution in [0, 0.1) is 17.3 Å². The Balaban J connectivity index is 1.91. The van der Waals surface area contributed by atoms with E-state index in [0.717, 1.165) is 6.42 Å². The van der Waals surface area contributed by atoms with Gasteiger partial charge in [-0.15, -0.1) is 0 Å². The van der Waals surface area contributed by atoms with Crippen molar-refractivity contribution in [3.63, 3.8) is 0 Å². The largest absolute Gasteiger partial charge is 0.481 e. The van der Waals surface area contributed by atoms with Crippen molar-refractivity contribution in [1.82, 2.24) is 4.90 Å². The summed E-state index contributed by atoms with van der Waals surface area (Å²) in [6.07, 6.45) is 7.79. The molecule has 2 unspecified atom stereocenters. The molecule has 1 N–H and O–H groups in total. The highest BCUT2D eigenvalue weighted by atomic mass is 16.5. The van der Waals surface area contributed by atoms with Gasteiger partial charge in [-0.1, -0.05) is 39.0 Å². The van der Waals surface area contributed by atoms with E-state index in [2.05, 4.69) is 0 Å². The number of ether oxygens (including phenoxy) is 1. The summed E-state index contributed by atoms with van der Waals surface area (Å²) in [6.45, 7) is 2.98. The Hall–Kier alpha value is -1.10. The number of methoxy groups -OCH3 is 1. The molecule has 2 fully saturated rings. The molecule has 1 saturated heterocycles. The summed E-state index contributed by atoms with van der Waals surface area (Å²) >= 11 is 0. The molecule has 1 heterocycles. The van der Waals surface area contributed by atoms with Gasteiger partial charge in [0, 0.05) is 26.1 Å². The lowest BCUT2D eigenvalue weighted by atomic mass is 9.83. The minimum Gasteiger partial charge on any atom is -0.481 e. The number of rotatable bonds is 6. The van der Waals surface area contributed by atoms with Gasteiger partial charge in [0.2, 0.25) is 5.91 Å². The number of carbonyl (C=O) groups excluding carboxylic acids is 1. The van der Waals surface area contributed by atoms with Gasteiger partial charge in [0.05, 0.1) is 6.61 Å². The lowest BCUT2D eigenvalue weighted by molar-refractivity contribution is -0.151. The molecule has 0 radical (unpaired) electrons. The van der Waals surface area contributed by atoms with Gasteiger partial charge in [-0.2, -0.15) is 0 Å². The van der Waals surface area contributed by atoms with Crippen LogP contribution in [0.3, 0.4) is 0 Å². The van der Waals surface area contributed by atoms with Crippen molar-refractivity contribution in [3.8, 4) is 0 Å². The number of amides is 1. The zero-order valence-corrected chi connectivity index (χ0v) is 13.8. The predicted octanol–water partition coefficient (Wildman–Crippen LogP) is 2.54. The maximum absolute atomic E-state index is 12.6. The summed E-state index contributed by atoms with van der Waals surface area (Å²) in [7, 11) is 1.51. The van der Waals surface area contributed by atoms with Crippen LogP contribution in [0.5, 0.6) is 0 Å². The average molecular weight is 311 g/mol. The van der Waals surface area contributed by atoms with E-state index in [1.54, 1.807) is 4.90 Å². The molecule has 0 bridgehead atoms. The molecule has 2 atom stereocenters. The van der Waals surface area contributed by atoms with E-state index in [1.807, 2.05) is 6.92 Å². The number of carboxylic acids is 1. The minimum atomic E-state index is -0.922. The monoisotopic (exact) mass is 311 g/mol. The smallest absolute Gasteiger partial charge is 0.313 e. The number of nitrogens with zero attached hydrogens (tertiary/aromatic N) is 1.